The highest BCUT2D eigenvalue weighted by atomic mass is 32.1. The van der Waals surface area contributed by atoms with Crippen LogP contribution in [0.1, 0.15) is 0 Å². The fraction of sp³-hybridized carbons (Fsp3) is 0. The van der Waals surface area contributed by atoms with Gasteiger partial charge < -0.3 is 9.32 Å². The molecule has 0 saturated heterocycles. The van der Waals surface area contributed by atoms with Crippen LogP contribution < -0.4 is 4.90 Å². The van der Waals surface area contributed by atoms with Gasteiger partial charge in [-0.05, 0) is 81.7 Å². The van der Waals surface area contributed by atoms with Crippen LogP contribution in [0.25, 0.3) is 86.3 Å². The second-order valence-corrected chi connectivity index (χ2v) is 15.1. The Morgan fingerprint density at radius 1 is 0.382 bits per heavy atom. The highest BCUT2D eigenvalue weighted by molar-refractivity contribution is 7.25. The Kier molecular flexibility index (Phi) is 7.39. The summed E-state index contributed by atoms with van der Waals surface area (Å²) in [5.74, 6) is 0. The molecule has 0 radical (unpaired) electrons. The first-order valence-corrected chi connectivity index (χ1v) is 19.5. The van der Waals surface area contributed by atoms with Gasteiger partial charge in [-0.25, -0.2) is 0 Å². The largest absolute Gasteiger partial charge is 0.455 e. The number of hydrogen-bond donors (Lipinski definition) is 0. The van der Waals surface area contributed by atoms with Crippen molar-refractivity contribution in [2.45, 2.75) is 0 Å². The summed E-state index contributed by atoms with van der Waals surface area (Å²) in [6.07, 6.45) is 0. The Morgan fingerprint density at radius 2 is 0.982 bits per heavy atom. The second kappa shape index (κ2) is 12.9. The zero-order valence-corrected chi connectivity index (χ0v) is 30.6. The van der Waals surface area contributed by atoms with Gasteiger partial charge in [0.15, 0.2) is 0 Å². The van der Waals surface area contributed by atoms with E-state index in [0.717, 1.165) is 55.5 Å². The molecule has 11 aromatic rings. The fourth-order valence-electron chi connectivity index (χ4n) is 8.24. The van der Waals surface area contributed by atoms with E-state index in [9.17, 15) is 0 Å². The van der Waals surface area contributed by atoms with Crippen molar-refractivity contribution >= 4 is 81.3 Å². The van der Waals surface area contributed by atoms with Crippen LogP contribution in [0, 0.1) is 0 Å². The van der Waals surface area contributed by atoms with Gasteiger partial charge in [0, 0.05) is 53.3 Å². The third-order valence-corrected chi connectivity index (χ3v) is 12.0. The molecule has 0 spiro atoms. The van der Waals surface area contributed by atoms with Crippen LogP contribution in [0.15, 0.2) is 205 Å². The normalized spacial score (nSPS) is 11.6. The van der Waals surface area contributed by atoms with Crippen molar-refractivity contribution in [3.8, 4) is 33.4 Å². The first-order valence-electron chi connectivity index (χ1n) is 18.7. The van der Waals surface area contributed by atoms with E-state index in [-0.39, 0.29) is 0 Å². The first-order chi connectivity index (χ1) is 27.3. The minimum absolute atomic E-state index is 0.888. The fourth-order valence-corrected chi connectivity index (χ4v) is 9.38. The quantitative estimate of drug-likeness (QED) is 0.170. The smallest absolute Gasteiger partial charge is 0.143 e. The van der Waals surface area contributed by atoms with Gasteiger partial charge in [0.2, 0.25) is 0 Å². The van der Waals surface area contributed by atoms with Crippen molar-refractivity contribution in [3.05, 3.63) is 200 Å². The maximum Gasteiger partial charge on any atom is 0.143 e. The van der Waals surface area contributed by atoms with Crippen LogP contribution in [-0.4, -0.2) is 0 Å². The minimum atomic E-state index is 0.888. The zero-order chi connectivity index (χ0) is 36.3. The molecule has 0 N–H and O–H groups in total. The van der Waals surface area contributed by atoms with Crippen molar-refractivity contribution in [2.75, 3.05) is 4.90 Å². The second-order valence-electron chi connectivity index (χ2n) is 14.1. The molecule has 55 heavy (non-hydrogen) atoms. The van der Waals surface area contributed by atoms with Crippen LogP contribution in [-0.2, 0) is 0 Å². The molecule has 258 valence electrons. The molecule has 3 heteroatoms. The van der Waals surface area contributed by atoms with Crippen LogP contribution in [0.2, 0.25) is 0 Å². The van der Waals surface area contributed by atoms with E-state index in [2.05, 4.69) is 205 Å². The Balaban J connectivity index is 1.08. The number of fused-ring (bicyclic) bond motifs is 8. The van der Waals surface area contributed by atoms with Crippen LogP contribution in [0.4, 0.5) is 17.1 Å². The molecule has 0 bridgehead atoms. The molecule has 0 amide bonds. The number of benzene rings is 9. The standard InChI is InChI=1S/C52H33NOS/c1-2-11-34(12-3-1)35-21-23-36(24-22-35)37-25-28-39(29-26-37)53(40-30-32-44-43-16-7-9-20-49(43)55-50(44)33-40)47-18-8-6-15-42(47)45-17-10-19-48-51(45)46-31-27-38-13-4-5-14-41(38)52(46)54-48/h1-33H. The third kappa shape index (κ3) is 5.32. The van der Waals surface area contributed by atoms with Gasteiger partial charge in [0.25, 0.3) is 0 Å². The molecule has 2 nitrogen and oxygen atoms in total. The average molecular weight is 720 g/mol. The Hall–Kier alpha value is -6.94. The molecule has 11 rings (SSSR count). The topological polar surface area (TPSA) is 16.4 Å². The Morgan fingerprint density at radius 3 is 1.80 bits per heavy atom. The van der Waals surface area contributed by atoms with Crippen molar-refractivity contribution in [3.63, 3.8) is 0 Å². The first kappa shape index (κ1) is 31.6. The number of hydrogen-bond acceptors (Lipinski definition) is 3. The lowest BCUT2D eigenvalue weighted by molar-refractivity contribution is 0.673. The lowest BCUT2D eigenvalue weighted by atomic mass is 9.96. The van der Waals surface area contributed by atoms with Gasteiger partial charge in [0.05, 0.1) is 5.69 Å². The van der Waals surface area contributed by atoms with E-state index in [4.69, 9.17) is 4.42 Å². The molecular weight excluding hydrogens is 687 g/mol. The Bertz CT molecular complexity index is 3190. The summed E-state index contributed by atoms with van der Waals surface area (Å²) >= 11 is 1.85. The van der Waals surface area contributed by atoms with E-state index in [1.165, 1.54) is 47.8 Å². The highest BCUT2D eigenvalue weighted by Crippen LogP contribution is 2.47. The number of nitrogens with zero attached hydrogens (tertiary/aromatic N) is 1. The number of furan rings is 1. The molecule has 2 heterocycles. The monoisotopic (exact) mass is 719 g/mol. The summed E-state index contributed by atoms with van der Waals surface area (Å²) in [4.78, 5) is 2.41. The molecule has 2 aromatic heterocycles. The maximum absolute atomic E-state index is 6.65. The number of rotatable bonds is 6. The van der Waals surface area contributed by atoms with Gasteiger partial charge in [-0.15, -0.1) is 11.3 Å². The lowest BCUT2D eigenvalue weighted by Gasteiger charge is -2.28. The van der Waals surface area contributed by atoms with Crippen LogP contribution >= 0.6 is 11.3 Å². The summed E-state index contributed by atoms with van der Waals surface area (Å²) in [5.41, 5.74) is 12.2. The SMILES string of the molecule is c1ccc(-c2ccc(-c3ccc(N(c4ccc5c(c4)sc4ccccc45)c4ccccc4-c4cccc5oc6c7ccccc7ccc6c45)cc3)cc2)cc1. The third-order valence-electron chi connectivity index (χ3n) is 10.9. The van der Waals surface area contributed by atoms with Crippen molar-refractivity contribution < 1.29 is 4.42 Å². The highest BCUT2D eigenvalue weighted by Gasteiger charge is 2.22. The van der Waals surface area contributed by atoms with Crippen LogP contribution in [0.3, 0.4) is 0 Å². The summed E-state index contributed by atoms with van der Waals surface area (Å²) in [6.45, 7) is 0. The van der Waals surface area contributed by atoms with E-state index in [1.54, 1.807) is 0 Å². The summed E-state index contributed by atoms with van der Waals surface area (Å²) in [6, 6.07) is 72.2. The molecular formula is C52H33NOS. The summed E-state index contributed by atoms with van der Waals surface area (Å²) in [7, 11) is 0. The van der Waals surface area contributed by atoms with Crippen molar-refractivity contribution in [2.24, 2.45) is 0 Å². The van der Waals surface area contributed by atoms with Gasteiger partial charge in [-0.3, -0.25) is 0 Å². The van der Waals surface area contributed by atoms with E-state index in [0.29, 0.717) is 0 Å². The summed E-state index contributed by atoms with van der Waals surface area (Å²) < 4.78 is 9.22. The van der Waals surface area contributed by atoms with E-state index in [1.807, 2.05) is 11.3 Å². The predicted molar refractivity (Wildman–Crippen MR) is 235 cm³/mol. The zero-order valence-electron chi connectivity index (χ0n) is 29.8. The van der Waals surface area contributed by atoms with Gasteiger partial charge >= 0.3 is 0 Å². The van der Waals surface area contributed by atoms with Crippen molar-refractivity contribution in [1.29, 1.82) is 0 Å². The molecule has 0 saturated carbocycles. The molecule has 0 unspecified atom stereocenters. The lowest BCUT2D eigenvalue weighted by Crippen LogP contribution is -2.11. The maximum atomic E-state index is 6.65. The van der Waals surface area contributed by atoms with Gasteiger partial charge in [-0.1, -0.05) is 152 Å². The Labute approximate surface area is 322 Å². The van der Waals surface area contributed by atoms with E-state index >= 15 is 0 Å². The van der Waals surface area contributed by atoms with Crippen LogP contribution in [0.5, 0.6) is 0 Å². The average Bonchev–Trinajstić information content (AvgIpc) is 3.83. The molecule has 9 aromatic carbocycles. The van der Waals surface area contributed by atoms with Crippen molar-refractivity contribution in [1.82, 2.24) is 0 Å². The number of anilines is 3. The molecule has 0 aliphatic carbocycles. The number of thiophene rings is 1. The predicted octanol–water partition coefficient (Wildman–Crippen LogP) is 15.6. The summed E-state index contributed by atoms with van der Waals surface area (Å²) in [5, 5.41) is 7.14. The molecule has 0 atom stereocenters. The molecule has 0 fully saturated rings. The molecule has 0 aliphatic heterocycles. The molecule has 0 aliphatic rings. The minimum Gasteiger partial charge on any atom is -0.455 e. The number of para-hydroxylation sites is 1. The van der Waals surface area contributed by atoms with Gasteiger partial charge in [0.1, 0.15) is 11.2 Å². The van der Waals surface area contributed by atoms with Gasteiger partial charge in [-0.2, -0.15) is 0 Å². The van der Waals surface area contributed by atoms with E-state index < -0.39 is 0 Å².